The van der Waals surface area contributed by atoms with Gasteiger partial charge in [0.05, 0.1) is 17.7 Å². The number of hydrogen-bond donors (Lipinski definition) is 0. The van der Waals surface area contributed by atoms with Crippen LogP contribution in [0, 0.1) is 5.82 Å². The molecule has 1 fully saturated rings. The smallest absolute Gasteiger partial charge is 0.410 e. The summed E-state index contributed by atoms with van der Waals surface area (Å²) in [6, 6.07) is 2.70. The predicted octanol–water partition coefficient (Wildman–Crippen LogP) is 7.16. The molecule has 0 unspecified atom stereocenters. The van der Waals surface area contributed by atoms with Gasteiger partial charge in [-0.2, -0.15) is 4.98 Å². The van der Waals surface area contributed by atoms with Gasteiger partial charge in [-0.3, -0.25) is 4.98 Å². The van der Waals surface area contributed by atoms with Crippen molar-refractivity contribution in [1.29, 1.82) is 0 Å². The van der Waals surface area contributed by atoms with E-state index in [4.69, 9.17) is 25.5 Å². The van der Waals surface area contributed by atoms with E-state index >= 15 is 4.39 Å². The Balaban J connectivity index is 1.73. The van der Waals surface area contributed by atoms with Gasteiger partial charge in [-0.15, -0.1) is 0 Å². The molecule has 0 aromatic carbocycles. The Morgan fingerprint density at radius 3 is 2.46 bits per heavy atom. The highest BCUT2D eigenvalue weighted by Gasteiger charge is 2.37. The van der Waals surface area contributed by atoms with E-state index in [1.54, 1.807) is 17.2 Å². The van der Waals surface area contributed by atoms with Crippen LogP contribution in [0.25, 0.3) is 16.7 Å². The summed E-state index contributed by atoms with van der Waals surface area (Å²) in [7, 11) is -1.91. The number of carbonyl (C=O) groups is 1. The van der Waals surface area contributed by atoms with E-state index in [-0.39, 0.29) is 27.7 Å². The third-order valence-electron chi connectivity index (χ3n) is 8.80. The van der Waals surface area contributed by atoms with Crippen LogP contribution < -0.4 is 15.3 Å². The minimum absolute atomic E-state index is 0.0970. The molecule has 3 aromatic rings. The van der Waals surface area contributed by atoms with Crippen LogP contribution in [0.15, 0.2) is 23.1 Å². The SMILES string of the molecule is CCCc1nccc(OCCCO[Si](C)(C)C(C)(C)C)c1-n1c(=O)nc(N2CCN(C(=O)OC(C)(C)C)C[C@@H]2C)c2cc(F)c(Cl)nc21. The van der Waals surface area contributed by atoms with E-state index in [1.165, 1.54) is 10.6 Å². The van der Waals surface area contributed by atoms with Gasteiger partial charge in [-0.1, -0.05) is 45.7 Å². The van der Waals surface area contributed by atoms with Gasteiger partial charge in [0, 0.05) is 51.0 Å². The van der Waals surface area contributed by atoms with E-state index in [0.717, 1.165) is 6.42 Å². The first-order chi connectivity index (χ1) is 22.3. The maximum absolute atomic E-state index is 15.1. The highest BCUT2D eigenvalue weighted by molar-refractivity contribution is 6.74. The van der Waals surface area contributed by atoms with E-state index in [1.807, 2.05) is 39.5 Å². The second kappa shape index (κ2) is 14.7. The number of nitrogens with zero attached hydrogens (tertiary/aromatic N) is 6. The lowest BCUT2D eigenvalue weighted by Crippen LogP contribution is -2.55. The number of carbonyl (C=O) groups excluding carboxylic acids is 1. The Hall–Kier alpha value is -3.29. The monoisotopic (exact) mass is 704 g/mol. The number of aryl methyl sites for hydroxylation is 1. The molecule has 0 spiro atoms. The third-order valence-corrected chi connectivity index (χ3v) is 13.6. The van der Waals surface area contributed by atoms with E-state index in [0.29, 0.717) is 68.2 Å². The van der Waals surface area contributed by atoms with E-state index in [2.05, 4.69) is 48.8 Å². The summed E-state index contributed by atoms with van der Waals surface area (Å²) >= 11 is 6.25. The van der Waals surface area contributed by atoms with Crippen molar-refractivity contribution in [3.8, 4) is 11.4 Å². The summed E-state index contributed by atoms with van der Waals surface area (Å²) in [6.45, 7) is 22.3. The summed E-state index contributed by atoms with van der Waals surface area (Å²) in [6.07, 6.45) is 3.18. The number of ether oxygens (including phenoxy) is 2. The molecule has 1 amide bonds. The molecule has 1 aliphatic heterocycles. The molecule has 0 radical (unpaired) electrons. The molecule has 14 heteroatoms. The average molecular weight is 705 g/mol. The number of anilines is 1. The number of piperazine rings is 1. The number of fused-ring (bicyclic) bond motifs is 1. The van der Waals surface area contributed by atoms with Gasteiger partial charge >= 0.3 is 11.8 Å². The van der Waals surface area contributed by atoms with Gasteiger partial charge in [0.2, 0.25) is 0 Å². The lowest BCUT2D eigenvalue weighted by molar-refractivity contribution is 0.0218. The summed E-state index contributed by atoms with van der Waals surface area (Å²) in [5, 5.41) is 0.0237. The Bertz CT molecular complexity index is 1690. The first-order valence-electron chi connectivity index (χ1n) is 16.6. The molecule has 1 saturated heterocycles. The minimum Gasteiger partial charge on any atom is -0.491 e. The molecule has 264 valence electrons. The normalized spacial score (nSPS) is 16.0. The third kappa shape index (κ3) is 8.46. The van der Waals surface area contributed by atoms with Crippen molar-refractivity contribution in [3.05, 3.63) is 45.5 Å². The van der Waals surface area contributed by atoms with Crippen LogP contribution in [0.5, 0.6) is 5.75 Å². The van der Waals surface area contributed by atoms with Gasteiger partial charge in [0.25, 0.3) is 0 Å². The van der Waals surface area contributed by atoms with E-state index in [9.17, 15) is 9.59 Å². The van der Waals surface area contributed by atoms with Gasteiger partial charge < -0.3 is 23.7 Å². The first kappa shape index (κ1) is 37.5. The predicted molar refractivity (Wildman–Crippen MR) is 190 cm³/mol. The molecule has 3 aromatic heterocycles. The zero-order valence-electron chi connectivity index (χ0n) is 29.9. The second-order valence-corrected chi connectivity index (χ2v) is 20.0. The molecule has 4 rings (SSSR count). The summed E-state index contributed by atoms with van der Waals surface area (Å²) < 4.78 is 34.6. The fourth-order valence-electron chi connectivity index (χ4n) is 5.31. The van der Waals surface area contributed by atoms with Crippen LogP contribution in [-0.4, -0.2) is 83.3 Å². The van der Waals surface area contributed by atoms with Gasteiger partial charge in [0.15, 0.2) is 24.9 Å². The number of halogens is 2. The molecular weight excluding hydrogens is 655 g/mol. The van der Waals surface area contributed by atoms with Crippen molar-refractivity contribution in [2.75, 3.05) is 37.7 Å². The lowest BCUT2D eigenvalue weighted by atomic mass is 10.1. The molecule has 0 N–H and O–H groups in total. The summed E-state index contributed by atoms with van der Waals surface area (Å²) in [5.74, 6) is -0.0483. The van der Waals surface area contributed by atoms with Crippen LogP contribution in [0.1, 0.15) is 73.9 Å². The minimum atomic E-state index is -1.91. The molecule has 4 heterocycles. The number of amides is 1. The van der Waals surface area contributed by atoms with Gasteiger partial charge in [-0.05, 0) is 58.3 Å². The van der Waals surface area contributed by atoms with Crippen LogP contribution >= 0.6 is 11.6 Å². The van der Waals surface area contributed by atoms with Crippen molar-refractivity contribution in [2.24, 2.45) is 0 Å². The zero-order chi connectivity index (χ0) is 35.6. The van der Waals surface area contributed by atoms with Crippen LogP contribution in [0.2, 0.25) is 23.3 Å². The van der Waals surface area contributed by atoms with Crippen molar-refractivity contribution >= 4 is 42.9 Å². The van der Waals surface area contributed by atoms with Gasteiger partial charge in [0.1, 0.15) is 22.9 Å². The lowest BCUT2D eigenvalue weighted by Gasteiger charge is -2.41. The average Bonchev–Trinajstić information content (AvgIpc) is 2.97. The largest absolute Gasteiger partial charge is 0.491 e. The highest BCUT2D eigenvalue weighted by Crippen LogP contribution is 2.37. The number of pyridine rings is 2. The Labute approximate surface area is 288 Å². The number of aromatic nitrogens is 4. The summed E-state index contributed by atoms with van der Waals surface area (Å²) in [4.78, 5) is 43.9. The Morgan fingerprint density at radius 2 is 1.83 bits per heavy atom. The van der Waals surface area contributed by atoms with Crippen molar-refractivity contribution in [2.45, 2.75) is 104 Å². The van der Waals surface area contributed by atoms with Crippen molar-refractivity contribution in [1.82, 2.24) is 24.4 Å². The quantitative estimate of drug-likeness (QED) is 0.123. The Morgan fingerprint density at radius 1 is 1.12 bits per heavy atom. The topological polar surface area (TPSA) is 112 Å². The highest BCUT2D eigenvalue weighted by atomic mass is 35.5. The van der Waals surface area contributed by atoms with Crippen LogP contribution in [0.3, 0.4) is 0 Å². The van der Waals surface area contributed by atoms with Crippen LogP contribution in [-0.2, 0) is 15.6 Å². The first-order valence-corrected chi connectivity index (χ1v) is 19.9. The van der Waals surface area contributed by atoms with Gasteiger partial charge in [-0.25, -0.2) is 23.5 Å². The number of rotatable bonds is 10. The number of hydrogen-bond acceptors (Lipinski definition) is 9. The van der Waals surface area contributed by atoms with Crippen molar-refractivity contribution < 1.29 is 23.1 Å². The fraction of sp³-hybridized carbons (Fsp3) is 0.618. The maximum Gasteiger partial charge on any atom is 0.410 e. The molecule has 48 heavy (non-hydrogen) atoms. The molecule has 0 saturated carbocycles. The van der Waals surface area contributed by atoms with E-state index < -0.39 is 31.5 Å². The Kier molecular flexibility index (Phi) is 11.5. The van der Waals surface area contributed by atoms with Crippen molar-refractivity contribution in [3.63, 3.8) is 0 Å². The molecule has 0 bridgehead atoms. The second-order valence-electron chi connectivity index (χ2n) is 14.8. The molecule has 1 atom stereocenters. The maximum atomic E-state index is 15.1. The molecule has 1 aliphatic rings. The standard InChI is InChI=1S/C34H50ClFN6O5Si/c1-11-13-25-27(26(14-15-37-25)45-18-12-19-46-48(9,10)34(6,7)8)42-30-23(20-24(36)28(35)38-30)29(39-31(42)43)41-17-16-40(21-22(41)2)32(44)47-33(3,4)5/h14-15,20,22H,11-13,16-19,21H2,1-10H3/t22-/m0/s1. The fourth-order valence-corrected chi connectivity index (χ4v) is 6.53. The van der Waals surface area contributed by atoms with Crippen LogP contribution in [0.4, 0.5) is 15.0 Å². The summed E-state index contributed by atoms with van der Waals surface area (Å²) in [5.41, 5.74) is -0.115. The molecule has 0 aliphatic carbocycles. The zero-order valence-corrected chi connectivity index (χ0v) is 31.7. The molecule has 11 nitrogen and oxygen atoms in total. The molecular formula is C34H50ClFN6O5Si.